The Kier molecular flexibility index (Phi) is 2.95. The van der Waals surface area contributed by atoms with Gasteiger partial charge in [-0.1, -0.05) is 19.4 Å². The predicted octanol–water partition coefficient (Wildman–Crippen LogP) is 4.10. The first-order chi connectivity index (χ1) is 6.18. The van der Waals surface area contributed by atoms with Crippen molar-refractivity contribution in [2.45, 2.75) is 46.8 Å². The van der Waals surface area contributed by atoms with Gasteiger partial charge < -0.3 is 4.43 Å². The first-order valence-electron chi connectivity index (χ1n) is 5.27. The lowest BCUT2D eigenvalue weighted by atomic mass is 9.82. The van der Waals surface area contributed by atoms with Crippen LogP contribution in [0.4, 0.5) is 0 Å². The summed E-state index contributed by atoms with van der Waals surface area (Å²) in [7, 11) is -1.45. The standard InChI is InChI=1S/C12H22OSi/c1-10-7-11(13-14(4,5)6)9-12(2,3)8-10/h7,9H,8H2,1-6H3. The zero-order chi connectivity index (χ0) is 11.0. The third-order valence-corrected chi connectivity index (χ3v) is 2.93. The third-order valence-electron chi connectivity index (χ3n) is 2.08. The van der Waals surface area contributed by atoms with Crippen molar-refractivity contribution in [2.24, 2.45) is 5.41 Å². The first-order valence-corrected chi connectivity index (χ1v) is 8.68. The van der Waals surface area contributed by atoms with Crippen molar-refractivity contribution < 1.29 is 4.43 Å². The second-order valence-electron chi connectivity index (χ2n) is 5.92. The molecule has 0 spiro atoms. The van der Waals surface area contributed by atoms with Crippen LogP contribution in [0.3, 0.4) is 0 Å². The van der Waals surface area contributed by atoms with E-state index in [2.05, 4.69) is 52.6 Å². The molecule has 0 amide bonds. The highest BCUT2D eigenvalue weighted by molar-refractivity contribution is 6.70. The largest absolute Gasteiger partial charge is 0.545 e. The molecule has 0 aromatic heterocycles. The van der Waals surface area contributed by atoms with Gasteiger partial charge in [0.25, 0.3) is 0 Å². The molecular weight excluding hydrogens is 188 g/mol. The number of rotatable bonds is 2. The molecule has 0 saturated heterocycles. The zero-order valence-electron chi connectivity index (χ0n) is 10.3. The second kappa shape index (κ2) is 3.57. The molecule has 0 aromatic rings. The summed E-state index contributed by atoms with van der Waals surface area (Å²) >= 11 is 0. The molecule has 2 heteroatoms. The van der Waals surface area contributed by atoms with Gasteiger partial charge in [-0.15, -0.1) is 0 Å². The van der Waals surface area contributed by atoms with E-state index in [1.165, 1.54) is 5.57 Å². The van der Waals surface area contributed by atoms with Gasteiger partial charge in [0.15, 0.2) is 0 Å². The number of allylic oxidation sites excluding steroid dienone is 3. The van der Waals surface area contributed by atoms with E-state index < -0.39 is 8.32 Å². The van der Waals surface area contributed by atoms with Crippen LogP contribution in [0.2, 0.25) is 19.6 Å². The monoisotopic (exact) mass is 210 g/mol. The fourth-order valence-corrected chi connectivity index (χ4v) is 2.73. The van der Waals surface area contributed by atoms with Gasteiger partial charge in [-0.25, -0.2) is 0 Å². The molecule has 1 rings (SSSR count). The molecule has 0 saturated carbocycles. The Morgan fingerprint density at radius 1 is 1.29 bits per heavy atom. The lowest BCUT2D eigenvalue weighted by Gasteiger charge is -2.29. The van der Waals surface area contributed by atoms with Crippen LogP contribution in [-0.4, -0.2) is 8.32 Å². The lowest BCUT2D eigenvalue weighted by Crippen LogP contribution is -2.26. The smallest absolute Gasteiger partial charge is 0.242 e. The molecule has 80 valence electrons. The van der Waals surface area contributed by atoms with Gasteiger partial charge in [-0.3, -0.25) is 0 Å². The fraction of sp³-hybridized carbons (Fsp3) is 0.667. The Bertz CT molecular complexity index is 279. The summed E-state index contributed by atoms with van der Waals surface area (Å²) in [6.45, 7) is 13.4. The molecule has 0 bridgehead atoms. The van der Waals surface area contributed by atoms with Gasteiger partial charge >= 0.3 is 0 Å². The Labute approximate surface area is 89.0 Å². The minimum absolute atomic E-state index is 0.258. The van der Waals surface area contributed by atoms with E-state index in [1.807, 2.05) is 0 Å². The van der Waals surface area contributed by atoms with E-state index in [4.69, 9.17) is 4.43 Å². The topological polar surface area (TPSA) is 9.23 Å². The molecule has 0 heterocycles. The third kappa shape index (κ3) is 3.70. The number of hydrogen-bond acceptors (Lipinski definition) is 1. The molecule has 1 aliphatic carbocycles. The van der Waals surface area contributed by atoms with Gasteiger partial charge in [0, 0.05) is 0 Å². The summed E-state index contributed by atoms with van der Waals surface area (Å²) < 4.78 is 6.01. The maximum absolute atomic E-state index is 6.01. The molecule has 14 heavy (non-hydrogen) atoms. The highest BCUT2D eigenvalue weighted by Crippen LogP contribution is 2.34. The maximum atomic E-state index is 6.01. The quantitative estimate of drug-likeness (QED) is 0.624. The Morgan fingerprint density at radius 2 is 1.86 bits per heavy atom. The van der Waals surface area contributed by atoms with Gasteiger partial charge in [-0.05, 0) is 50.6 Å². The molecule has 0 aliphatic heterocycles. The Balaban J connectivity index is 2.83. The van der Waals surface area contributed by atoms with Gasteiger partial charge in [0.2, 0.25) is 8.32 Å². The van der Waals surface area contributed by atoms with Crippen LogP contribution in [0.1, 0.15) is 27.2 Å². The summed E-state index contributed by atoms with van der Waals surface area (Å²) in [5, 5.41) is 0. The summed E-state index contributed by atoms with van der Waals surface area (Å²) in [4.78, 5) is 0. The first kappa shape index (κ1) is 11.6. The van der Waals surface area contributed by atoms with E-state index in [-0.39, 0.29) is 5.41 Å². The predicted molar refractivity (Wildman–Crippen MR) is 64.7 cm³/mol. The average Bonchev–Trinajstić information content (AvgIpc) is 1.74. The van der Waals surface area contributed by atoms with Crippen molar-refractivity contribution >= 4 is 8.32 Å². The highest BCUT2D eigenvalue weighted by Gasteiger charge is 2.24. The summed E-state index contributed by atoms with van der Waals surface area (Å²) in [5.74, 6) is 1.08. The molecule has 0 radical (unpaired) electrons. The molecule has 0 atom stereocenters. The van der Waals surface area contributed by atoms with E-state index in [0.717, 1.165) is 12.2 Å². The second-order valence-corrected chi connectivity index (χ2v) is 10.3. The minimum atomic E-state index is -1.45. The van der Waals surface area contributed by atoms with Crippen LogP contribution in [0.15, 0.2) is 23.5 Å². The van der Waals surface area contributed by atoms with Crippen LogP contribution in [-0.2, 0) is 4.43 Å². The number of hydrogen-bond donors (Lipinski definition) is 0. The zero-order valence-corrected chi connectivity index (χ0v) is 11.3. The van der Waals surface area contributed by atoms with Crippen LogP contribution < -0.4 is 0 Å². The van der Waals surface area contributed by atoms with Crippen LogP contribution in [0.25, 0.3) is 0 Å². The van der Waals surface area contributed by atoms with E-state index in [9.17, 15) is 0 Å². The van der Waals surface area contributed by atoms with Gasteiger partial charge in [-0.2, -0.15) is 0 Å². The maximum Gasteiger partial charge on any atom is 0.242 e. The van der Waals surface area contributed by atoms with Crippen LogP contribution >= 0.6 is 0 Å². The molecule has 0 unspecified atom stereocenters. The fourth-order valence-electron chi connectivity index (χ4n) is 1.90. The van der Waals surface area contributed by atoms with Crippen LogP contribution in [0.5, 0.6) is 0 Å². The van der Waals surface area contributed by atoms with Crippen molar-refractivity contribution in [3.05, 3.63) is 23.5 Å². The molecular formula is C12H22OSi. The van der Waals surface area contributed by atoms with Gasteiger partial charge in [0.05, 0.1) is 5.76 Å². The van der Waals surface area contributed by atoms with Crippen molar-refractivity contribution in [1.29, 1.82) is 0 Å². The summed E-state index contributed by atoms with van der Waals surface area (Å²) in [5.41, 5.74) is 1.68. The highest BCUT2D eigenvalue weighted by atomic mass is 28.4. The Morgan fingerprint density at radius 3 is 2.29 bits per heavy atom. The van der Waals surface area contributed by atoms with Gasteiger partial charge in [0.1, 0.15) is 0 Å². The van der Waals surface area contributed by atoms with Crippen LogP contribution in [0, 0.1) is 5.41 Å². The summed E-state index contributed by atoms with van der Waals surface area (Å²) in [6.07, 6.45) is 5.59. The van der Waals surface area contributed by atoms with Crippen molar-refractivity contribution in [3.63, 3.8) is 0 Å². The normalized spacial score (nSPS) is 21.3. The van der Waals surface area contributed by atoms with E-state index in [0.29, 0.717) is 0 Å². The Hall–Kier alpha value is -0.503. The molecule has 1 aliphatic rings. The van der Waals surface area contributed by atoms with Crippen molar-refractivity contribution in [1.82, 2.24) is 0 Å². The summed E-state index contributed by atoms with van der Waals surface area (Å²) in [6, 6.07) is 0. The van der Waals surface area contributed by atoms with Crippen molar-refractivity contribution in [3.8, 4) is 0 Å². The molecule has 0 fully saturated rings. The SMILES string of the molecule is CC1=CC(O[Si](C)(C)C)=CC(C)(C)C1. The lowest BCUT2D eigenvalue weighted by molar-refractivity contribution is 0.390. The van der Waals surface area contributed by atoms with E-state index >= 15 is 0 Å². The molecule has 0 aromatic carbocycles. The minimum Gasteiger partial charge on any atom is -0.545 e. The van der Waals surface area contributed by atoms with Crippen molar-refractivity contribution in [2.75, 3.05) is 0 Å². The van der Waals surface area contributed by atoms with E-state index in [1.54, 1.807) is 0 Å². The average molecular weight is 210 g/mol. The molecule has 1 nitrogen and oxygen atoms in total. The molecule has 0 N–H and O–H groups in total.